The molecule has 1 aromatic carbocycles. The summed E-state index contributed by atoms with van der Waals surface area (Å²) in [6.07, 6.45) is 3.62. The minimum atomic E-state index is 0.0503. The standard InChI is InChI=1S/C14H16N2S/c1-11(17-13-7-9-16-10-8-13)14(15)12-5-3-2-4-6-12/h2-11,14H,15H2,1H3. The maximum absolute atomic E-state index is 6.25. The van der Waals surface area contributed by atoms with Gasteiger partial charge in [-0.2, -0.15) is 0 Å². The number of nitrogens with zero attached hydrogens (tertiary/aromatic N) is 1. The van der Waals surface area contributed by atoms with E-state index in [9.17, 15) is 0 Å². The van der Waals surface area contributed by atoms with Crippen molar-refractivity contribution < 1.29 is 0 Å². The Kier molecular flexibility index (Phi) is 4.18. The number of hydrogen-bond acceptors (Lipinski definition) is 3. The molecule has 0 spiro atoms. The molecule has 2 rings (SSSR count). The highest BCUT2D eigenvalue weighted by molar-refractivity contribution is 8.00. The molecule has 0 fully saturated rings. The van der Waals surface area contributed by atoms with E-state index in [-0.39, 0.29) is 6.04 Å². The van der Waals surface area contributed by atoms with Crippen LogP contribution in [0.4, 0.5) is 0 Å². The van der Waals surface area contributed by atoms with Gasteiger partial charge in [0.25, 0.3) is 0 Å². The minimum absolute atomic E-state index is 0.0503. The summed E-state index contributed by atoms with van der Waals surface area (Å²) in [6.45, 7) is 2.16. The van der Waals surface area contributed by atoms with Crippen molar-refractivity contribution in [3.8, 4) is 0 Å². The SMILES string of the molecule is CC(Sc1ccncc1)C(N)c1ccccc1. The van der Waals surface area contributed by atoms with Crippen LogP contribution in [0.25, 0.3) is 0 Å². The molecule has 1 heterocycles. The van der Waals surface area contributed by atoms with Crippen LogP contribution < -0.4 is 5.73 Å². The molecule has 1 aromatic heterocycles. The van der Waals surface area contributed by atoms with Crippen molar-refractivity contribution in [1.82, 2.24) is 4.98 Å². The van der Waals surface area contributed by atoms with E-state index in [0.717, 1.165) is 0 Å². The normalized spacial score (nSPS) is 14.2. The maximum atomic E-state index is 6.25. The largest absolute Gasteiger partial charge is 0.323 e. The topological polar surface area (TPSA) is 38.9 Å². The zero-order valence-corrected chi connectivity index (χ0v) is 10.6. The van der Waals surface area contributed by atoms with Crippen LogP contribution in [0.3, 0.4) is 0 Å². The number of rotatable bonds is 4. The summed E-state index contributed by atoms with van der Waals surface area (Å²) in [7, 11) is 0. The fourth-order valence-electron chi connectivity index (χ4n) is 1.65. The molecule has 0 bridgehead atoms. The molecule has 0 aliphatic heterocycles. The summed E-state index contributed by atoms with van der Waals surface area (Å²) < 4.78 is 0. The Labute approximate surface area is 106 Å². The molecule has 3 heteroatoms. The van der Waals surface area contributed by atoms with Crippen molar-refractivity contribution in [2.75, 3.05) is 0 Å². The molecule has 2 nitrogen and oxygen atoms in total. The van der Waals surface area contributed by atoms with Gasteiger partial charge in [0.1, 0.15) is 0 Å². The van der Waals surface area contributed by atoms with Gasteiger partial charge in [0.15, 0.2) is 0 Å². The van der Waals surface area contributed by atoms with E-state index in [1.54, 1.807) is 11.8 Å². The predicted molar refractivity (Wildman–Crippen MR) is 72.9 cm³/mol. The van der Waals surface area contributed by atoms with Gasteiger partial charge < -0.3 is 5.73 Å². The fraction of sp³-hybridized carbons (Fsp3) is 0.214. The molecule has 2 atom stereocenters. The first-order chi connectivity index (χ1) is 8.27. The third-order valence-corrected chi connectivity index (χ3v) is 3.87. The van der Waals surface area contributed by atoms with Gasteiger partial charge in [-0.1, -0.05) is 37.3 Å². The lowest BCUT2D eigenvalue weighted by Gasteiger charge is -2.19. The van der Waals surface area contributed by atoms with Gasteiger partial charge in [-0.25, -0.2) is 0 Å². The maximum Gasteiger partial charge on any atom is 0.0416 e. The summed E-state index contributed by atoms with van der Waals surface area (Å²) in [5.41, 5.74) is 7.43. The lowest BCUT2D eigenvalue weighted by Crippen LogP contribution is -2.20. The zero-order chi connectivity index (χ0) is 12.1. The monoisotopic (exact) mass is 244 g/mol. The van der Waals surface area contributed by atoms with Crippen molar-refractivity contribution in [2.24, 2.45) is 5.73 Å². The molecule has 88 valence electrons. The Hall–Kier alpha value is -1.32. The van der Waals surface area contributed by atoms with E-state index in [2.05, 4.69) is 24.0 Å². The van der Waals surface area contributed by atoms with Crippen LogP contribution in [-0.4, -0.2) is 10.2 Å². The van der Waals surface area contributed by atoms with Gasteiger partial charge in [-0.3, -0.25) is 4.98 Å². The highest BCUT2D eigenvalue weighted by Gasteiger charge is 2.15. The van der Waals surface area contributed by atoms with Gasteiger partial charge in [-0.15, -0.1) is 11.8 Å². The summed E-state index contributed by atoms with van der Waals surface area (Å²) in [5.74, 6) is 0. The molecule has 0 radical (unpaired) electrons. The molecular formula is C14H16N2S. The average molecular weight is 244 g/mol. The number of thioether (sulfide) groups is 1. The summed E-state index contributed by atoms with van der Waals surface area (Å²) in [6, 6.07) is 14.3. The highest BCUT2D eigenvalue weighted by atomic mass is 32.2. The molecule has 0 aliphatic carbocycles. The number of aromatic nitrogens is 1. The Bertz CT molecular complexity index is 444. The number of benzene rings is 1. The fourth-order valence-corrected chi connectivity index (χ4v) is 2.66. The van der Waals surface area contributed by atoms with Gasteiger partial charge in [-0.05, 0) is 17.7 Å². The highest BCUT2D eigenvalue weighted by Crippen LogP contribution is 2.29. The number of hydrogen-bond donors (Lipinski definition) is 1. The van der Waals surface area contributed by atoms with Crippen LogP contribution in [0.1, 0.15) is 18.5 Å². The Morgan fingerprint density at radius 3 is 2.35 bits per heavy atom. The molecular weight excluding hydrogens is 228 g/mol. The predicted octanol–water partition coefficient (Wildman–Crippen LogP) is 3.26. The van der Waals surface area contributed by atoms with Crippen molar-refractivity contribution in [1.29, 1.82) is 0 Å². The van der Waals surface area contributed by atoms with E-state index >= 15 is 0 Å². The smallest absolute Gasteiger partial charge is 0.0416 e. The van der Waals surface area contributed by atoms with Crippen molar-refractivity contribution in [3.05, 3.63) is 60.4 Å². The Morgan fingerprint density at radius 1 is 1.06 bits per heavy atom. The van der Waals surface area contributed by atoms with E-state index < -0.39 is 0 Å². The van der Waals surface area contributed by atoms with Gasteiger partial charge >= 0.3 is 0 Å². The van der Waals surface area contributed by atoms with Crippen molar-refractivity contribution in [2.45, 2.75) is 23.1 Å². The van der Waals surface area contributed by atoms with Crippen LogP contribution in [0.15, 0.2) is 59.8 Å². The van der Waals surface area contributed by atoms with Crippen molar-refractivity contribution in [3.63, 3.8) is 0 Å². The molecule has 0 saturated carbocycles. The molecule has 2 aromatic rings. The molecule has 0 aliphatic rings. The molecule has 2 unspecified atom stereocenters. The van der Waals surface area contributed by atoms with Crippen LogP contribution >= 0.6 is 11.8 Å². The number of nitrogens with two attached hydrogens (primary N) is 1. The van der Waals surface area contributed by atoms with Crippen LogP contribution in [-0.2, 0) is 0 Å². The molecule has 0 amide bonds. The summed E-state index contributed by atoms with van der Waals surface area (Å²) in [5, 5.41) is 0.333. The Morgan fingerprint density at radius 2 is 1.71 bits per heavy atom. The van der Waals surface area contributed by atoms with E-state index in [0.29, 0.717) is 5.25 Å². The van der Waals surface area contributed by atoms with E-state index in [1.807, 2.05) is 42.7 Å². The second-order valence-electron chi connectivity index (χ2n) is 3.94. The van der Waals surface area contributed by atoms with Crippen LogP contribution in [0, 0.1) is 0 Å². The molecule has 0 saturated heterocycles. The Balaban J connectivity index is 2.03. The van der Waals surface area contributed by atoms with E-state index in [1.165, 1.54) is 10.5 Å². The van der Waals surface area contributed by atoms with Gasteiger partial charge in [0.2, 0.25) is 0 Å². The van der Waals surface area contributed by atoms with Gasteiger partial charge in [0, 0.05) is 28.6 Å². The lowest BCUT2D eigenvalue weighted by molar-refractivity contribution is 0.715. The second kappa shape index (κ2) is 5.84. The quantitative estimate of drug-likeness (QED) is 0.839. The molecule has 17 heavy (non-hydrogen) atoms. The summed E-state index contributed by atoms with van der Waals surface area (Å²) >= 11 is 1.78. The van der Waals surface area contributed by atoms with Gasteiger partial charge in [0.05, 0.1) is 0 Å². The second-order valence-corrected chi connectivity index (χ2v) is 5.39. The molecule has 2 N–H and O–H groups in total. The minimum Gasteiger partial charge on any atom is -0.323 e. The zero-order valence-electron chi connectivity index (χ0n) is 9.78. The third kappa shape index (κ3) is 3.32. The average Bonchev–Trinajstić information content (AvgIpc) is 2.40. The van der Waals surface area contributed by atoms with E-state index in [4.69, 9.17) is 5.73 Å². The first-order valence-corrected chi connectivity index (χ1v) is 6.52. The third-order valence-electron chi connectivity index (χ3n) is 2.66. The summed E-state index contributed by atoms with van der Waals surface area (Å²) in [4.78, 5) is 5.22. The van der Waals surface area contributed by atoms with Crippen LogP contribution in [0.5, 0.6) is 0 Å². The number of pyridine rings is 1. The first kappa shape index (κ1) is 12.1. The lowest BCUT2D eigenvalue weighted by atomic mass is 10.1. The van der Waals surface area contributed by atoms with Crippen LogP contribution in [0.2, 0.25) is 0 Å². The first-order valence-electron chi connectivity index (χ1n) is 5.64. The van der Waals surface area contributed by atoms with Crippen molar-refractivity contribution >= 4 is 11.8 Å².